The third-order valence-corrected chi connectivity index (χ3v) is 4.85. The lowest BCUT2D eigenvalue weighted by Gasteiger charge is -1.98. The van der Waals surface area contributed by atoms with Crippen LogP contribution in [0.4, 0.5) is 0 Å². The van der Waals surface area contributed by atoms with Gasteiger partial charge in [0.05, 0.1) is 4.88 Å². The Bertz CT molecular complexity index is 795. The summed E-state index contributed by atoms with van der Waals surface area (Å²) in [6, 6.07) is 10.2. The van der Waals surface area contributed by atoms with Crippen molar-refractivity contribution in [2.75, 3.05) is 0 Å². The Balaban J connectivity index is 2.12. The van der Waals surface area contributed by atoms with Crippen molar-refractivity contribution in [3.8, 4) is 0 Å². The third-order valence-electron chi connectivity index (χ3n) is 3.62. The minimum Gasteiger partial charge on any atom is -0.350 e. The molecule has 20 heavy (non-hydrogen) atoms. The van der Waals surface area contributed by atoms with Crippen LogP contribution in [0.1, 0.15) is 32.6 Å². The maximum atomic E-state index is 12.7. The van der Waals surface area contributed by atoms with Gasteiger partial charge in [-0.15, -0.1) is 11.3 Å². The molecule has 0 radical (unpaired) electrons. The van der Waals surface area contributed by atoms with Crippen molar-refractivity contribution in [2.24, 2.45) is 7.05 Å². The fraction of sp³-hybridized carbons (Fsp3) is 0.235. The first kappa shape index (κ1) is 13.1. The zero-order chi connectivity index (χ0) is 14.3. The fourth-order valence-electron chi connectivity index (χ4n) is 2.50. The molecule has 0 aliphatic heterocycles. The summed E-state index contributed by atoms with van der Waals surface area (Å²) in [5.41, 5.74) is 3.12. The van der Waals surface area contributed by atoms with E-state index >= 15 is 0 Å². The Morgan fingerprint density at radius 3 is 2.75 bits per heavy atom. The molecule has 2 nitrogen and oxygen atoms in total. The highest BCUT2D eigenvalue weighted by atomic mass is 32.1. The molecule has 3 aromatic rings. The van der Waals surface area contributed by atoms with Gasteiger partial charge in [-0.2, -0.15) is 0 Å². The molecule has 0 fully saturated rings. The van der Waals surface area contributed by atoms with Gasteiger partial charge in [-0.25, -0.2) is 0 Å². The molecule has 0 aliphatic carbocycles. The number of aryl methyl sites for hydroxylation is 3. The maximum Gasteiger partial charge on any atom is 0.205 e. The molecule has 0 spiro atoms. The number of fused-ring (bicyclic) bond motifs is 1. The van der Waals surface area contributed by atoms with E-state index in [-0.39, 0.29) is 5.78 Å². The highest BCUT2D eigenvalue weighted by Gasteiger charge is 2.17. The molecule has 102 valence electrons. The molecular formula is C17H17NOS. The van der Waals surface area contributed by atoms with Gasteiger partial charge in [0, 0.05) is 34.6 Å². The van der Waals surface area contributed by atoms with Crippen molar-refractivity contribution in [1.29, 1.82) is 0 Å². The van der Waals surface area contributed by atoms with E-state index in [9.17, 15) is 4.79 Å². The van der Waals surface area contributed by atoms with Crippen LogP contribution in [0.25, 0.3) is 10.9 Å². The summed E-state index contributed by atoms with van der Waals surface area (Å²) in [4.78, 5) is 14.8. The first-order valence-corrected chi connectivity index (χ1v) is 7.61. The molecule has 3 heteroatoms. The normalized spacial score (nSPS) is 11.2. The molecule has 2 aromatic heterocycles. The van der Waals surface area contributed by atoms with E-state index in [0.29, 0.717) is 0 Å². The number of carbonyl (C=O) groups is 1. The zero-order valence-corrected chi connectivity index (χ0v) is 12.8. The average Bonchev–Trinajstić information content (AvgIpc) is 3.03. The van der Waals surface area contributed by atoms with E-state index in [1.807, 2.05) is 36.0 Å². The molecule has 0 saturated carbocycles. The smallest absolute Gasteiger partial charge is 0.205 e. The summed E-state index contributed by atoms with van der Waals surface area (Å²) >= 11 is 1.60. The summed E-state index contributed by atoms with van der Waals surface area (Å²) < 4.78 is 2.03. The number of carbonyl (C=O) groups excluding carboxylic acids is 1. The molecule has 0 saturated heterocycles. The van der Waals surface area contributed by atoms with Crippen LogP contribution >= 0.6 is 11.3 Å². The monoisotopic (exact) mass is 283 g/mol. The highest BCUT2D eigenvalue weighted by molar-refractivity contribution is 7.14. The van der Waals surface area contributed by atoms with Gasteiger partial charge in [-0.3, -0.25) is 4.79 Å². The van der Waals surface area contributed by atoms with E-state index < -0.39 is 0 Å². The Labute approximate surface area is 122 Å². The minimum atomic E-state index is 0.129. The molecule has 0 atom stereocenters. The SMILES string of the molecule is CCc1ccc(C(=O)c2cn(C)c3cc(C)ccc23)s1. The minimum absolute atomic E-state index is 0.129. The van der Waals surface area contributed by atoms with Crippen molar-refractivity contribution in [3.63, 3.8) is 0 Å². The number of thiophene rings is 1. The van der Waals surface area contributed by atoms with Gasteiger partial charge in [0.2, 0.25) is 5.78 Å². The molecule has 3 rings (SSSR count). The van der Waals surface area contributed by atoms with Gasteiger partial charge in [0.25, 0.3) is 0 Å². The Morgan fingerprint density at radius 1 is 1.25 bits per heavy atom. The second-order valence-corrected chi connectivity index (χ2v) is 6.29. The summed E-state index contributed by atoms with van der Waals surface area (Å²) in [6.07, 6.45) is 2.92. The van der Waals surface area contributed by atoms with Crippen molar-refractivity contribution >= 4 is 28.0 Å². The molecule has 0 bridgehead atoms. The predicted molar refractivity (Wildman–Crippen MR) is 84.8 cm³/mol. The van der Waals surface area contributed by atoms with Crippen molar-refractivity contribution in [1.82, 2.24) is 4.57 Å². The number of rotatable bonds is 3. The van der Waals surface area contributed by atoms with E-state index in [1.165, 1.54) is 10.4 Å². The number of hydrogen-bond donors (Lipinski definition) is 0. The Morgan fingerprint density at radius 2 is 2.05 bits per heavy atom. The summed E-state index contributed by atoms with van der Waals surface area (Å²) in [6.45, 7) is 4.18. The zero-order valence-electron chi connectivity index (χ0n) is 11.9. The van der Waals surface area contributed by atoms with Gasteiger partial charge >= 0.3 is 0 Å². The number of ketones is 1. The van der Waals surface area contributed by atoms with Crippen molar-refractivity contribution < 1.29 is 4.79 Å². The molecule has 0 amide bonds. The molecular weight excluding hydrogens is 266 g/mol. The van der Waals surface area contributed by atoms with E-state index in [2.05, 4.69) is 26.0 Å². The van der Waals surface area contributed by atoms with Crippen LogP contribution < -0.4 is 0 Å². The quantitative estimate of drug-likeness (QED) is 0.655. The van der Waals surface area contributed by atoms with Crippen LogP contribution in [0.5, 0.6) is 0 Å². The number of hydrogen-bond acceptors (Lipinski definition) is 2. The van der Waals surface area contributed by atoms with Crippen LogP contribution in [-0.2, 0) is 13.5 Å². The van der Waals surface area contributed by atoms with Gasteiger partial charge in [0.15, 0.2) is 0 Å². The lowest BCUT2D eigenvalue weighted by atomic mass is 10.1. The van der Waals surface area contributed by atoms with Gasteiger partial charge in [-0.05, 0) is 37.1 Å². The van der Waals surface area contributed by atoms with E-state index in [1.54, 1.807) is 11.3 Å². The van der Waals surface area contributed by atoms with Gasteiger partial charge in [0.1, 0.15) is 0 Å². The molecule has 1 aromatic carbocycles. The molecule has 0 N–H and O–H groups in total. The van der Waals surface area contributed by atoms with Crippen molar-refractivity contribution in [3.05, 3.63) is 57.4 Å². The topological polar surface area (TPSA) is 22.0 Å². The van der Waals surface area contributed by atoms with Gasteiger partial charge in [-0.1, -0.05) is 19.1 Å². The lowest BCUT2D eigenvalue weighted by Crippen LogP contribution is -1.97. The maximum absolute atomic E-state index is 12.7. The van der Waals surface area contributed by atoms with E-state index in [4.69, 9.17) is 0 Å². The summed E-state index contributed by atoms with van der Waals surface area (Å²) in [5, 5.41) is 1.04. The van der Waals surface area contributed by atoms with Crippen LogP contribution in [0, 0.1) is 6.92 Å². The second-order valence-electron chi connectivity index (χ2n) is 5.12. The Hall–Kier alpha value is -1.87. The molecule has 0 unspecified atom stereocenters. The third kappa shape index (κ3) is 2.08. The highest BCUT2D eigenvalue weighted by Crippen LogP contribution is 2.27. The number of aromatic nitrogens is 1. The fourth-order valence-corrected chi connectivity index (χ4v) is 3.40. The van der Waals surface area contributed by atoms with E-state index in [0.717, 1.165) is 27.8 Å². The van der Waals surface area contributed by atoms with Crippen LogP contribution in [-0.4, -0.2) is 10.4 Å². The standard InChI is InChI=1S/C17H17NOS/c1-4-12-6-8-16(20-12)17(19)14-10-18(3)15-9-11(2)5-7-13(14)15/h5-10H,4H2,1-3H3. The largest absolute Gasteiger partial charge is 0.350 e. The van der Waals surface area contributed by atoms with Crippen molar-refractivity contribution in [2.45, 2.75) is 20.3 Å². The van der Waals surface area contributed by atoms with Crippen LogP contribution in [0.15, 0.2) is 36.5 Å². The Kier molecular flexibility index (Phi) is 3.22. The van der Waals surface area contributed by atoms with Crippen LogP contribution in [0.3, 0.4) is 0 Å². The first-order chi connectivity index (χ1) is 9.60. The lowest BCUT2D eigenvalue weighted by molar-refractivity contribution is 0.104. The predicted octanol–water partition coefficient (Wildman–Crippen LogP) is 4.34. The number of nitrogens with zero attached hydrogens (tertiary/aromatic N) is 1. The number of benzene rings is 1. The molecule has 0 aliphatic rings. The van der Waals surface area contributed by atoms with Crippen LogP contribution in [0.2, 0.25) is 0 Å². The van der Waals surface area contributed by atoms with Gasteiger partial charge < -0.3 is 4.57 Å². The summed E-state index contributed by atoms with van der Waals surface area (Å²) in [7, 11) is 1.99. The average molecular weight is 283 g/mol. The second kappa shape index (κ2) is 4.91. The first-order valence-electron chi connectivity index (χ1n) is 6.79. The summed E-state index contributed by atoms with van der Waals surface area (Å²) in [5.74, 6) is 0.129. The molecule has 2 heterocycles.